The van der Waals surface area contributed by atoms with Crippen molar-refractivity contribution in [3.63, 3.8) is 0 Å². The molecular weight excluding hydrogens is 279 g/mol. The van der Waals surface area contributed by atoms with Gasteiger partial charge in [0.25, 0.3) is 0 Å². The third kappa shape index (κ3) is 3.32. The molecule has 1 aliphatic rings. The van der Waals surface area contributed by atoms with Crippen LogP contribution >= 0.6 is 0 Å². The standard InChI is InChI=1S/C18H19FN2O/c19-16-9-7-13(8-10-16)17-15(6-3-11-20-17)12-21-18(22)14-4-1-2-5-14/h3,6-11,14H,1-2,4-5,12H2,(H,21,22). The average Bonchev–Trinajstić information content (AvgIpc) is 3.08. The number of carbonyl (C=O) groups is 1. The summed E-state index contributed by atoms with van der Waals surface area (Å²) < 4.78 is 13.1. The van der Waals surface area contributed by atoms with Gasteiger partial charge >= 0.3 is 0 Å². The van der Waals surface area contributed by atoms with Gasteiger partial charge in [0.1, 0.15) is 5.82 Å². The van der Waals surface area contributed by atoms with Crippen molar-refractivity contribution in [3.05, 3.63) is 54.0 Å². The minimum atomic E-state index is -0.268. The number of halogens is 1. The van der Waals surface area contributed by atoms with Gasteiger partial charge in [-0.25, -0.2) is 4.39 Å². The van der Waals surface area contributed by atoms with Gasteiger partial charge < -0.3 is 5.32 Å². The average molecular weight is 298 g/mol. The largest absolute Gasteiger partial charge is 0.352 e. The number of rotatable bonds is 4. The second-order valence-corrected chi connectivity index (χ2v) is 5.72. The van der Waals surface area contributed by atoms with Crippen LogP contribution in [0.3, 0.4) is 0 Å². The third-order valence-corrected chi connectivity index (χ3v) is 4.19. The number of amides is 1. The molecule has 0 unspecified atom stereocenters. The molecule has 114 valence electrons. The van der Waals surface area contributed by atoms with E-state index in [-0.39, 0.29) is 17.6 Å². The van der Waals surface area contributed by atoms with E-state index in [1.807, 2.05) is 12.1 Å². The first-order valence-electron chi connectivity index (χ1n) is 7.71. The molecule has 0 atom stereocenters. The number of carbonyl (C=O) groups excluding carboxylic acids is 1. The quantitative estimate of drug-likeness (QED) is 0.935. The van der Waals surface area contributed by atoms with Gasteiger partial charge in [0.05, 0.1) is 5.69 Å². The first-order valence-corrected chi connectivity index (χ1v) is 7.71. The summed E-state index contributed by atoms with van der Waals surface area (Å²) in [6.07, 6.45) is 5.98. The van der Waals surface area contributed by atoms with Crippen molar-refractivity contribution in [2.24, 2.45) is 5.92 Å². The molecule has 2 aromatic rings. The van der Waals surface area contributed by atoms with E-state index in [0.29, 0.717) is 6.54 Å². The monoisotopic (exact) mass is 298 g/mol. The van der Waals surface area contributed by atoms with Gasteiger partial charge in [0.2, 0.25) is 5.91 Å². The molecule has 3 rings (SSSR count). The van der Waals surface area contributed by atoms with Crippen LogP contribution in [0.2, 0.25) is 0 Å². The Labute approximate surface area is 129 Å². The molecular formula is C18H19FN2O. The first-order chi connectivity index (χ1) is 10.7. The molecule has 1 N–H and O–H groups in total. The lowest BCUT2D eigenvalue weighted by atomic mass is 10.0. The molecule has 1 aromatic carbocycles. The smallest absolute Gasteiger partial charge is 0.223 e. The molecule has 1 amide bonds. The third-order valence-electron chi connectivity index (χ3n) is 4.19. The fourth-order valence-corrected chi connectivity index (χ4v) is 2.96. The molecule has 1 fully saturated rings. The van der Waals surface area contributed by atoms with Crippen LogP contribution in [-0.2, 0) is 11.3 Å². The minimum Gasteiger partial charge on any atom is -0.352 e. The first kappa shape index (κ1) is 14.7. The maximum Gasteiger partial charge on any atom is 0.223 e. The lowest BCUT2D eigenvalue weighted by Gasteiger charge is -2.12. The molecule has 1 aromatic heterocycles. The van der Waals surface area contributed by atoms with Gasteiger partial charge in [0.15, 0.2) is 0 Å². The fraction of sp³-hybridized carbons (Fsp3) is 0.333. The normalized spacial score (nSPS) is 15.0. The number of benzene rings is 1. The van der Waals surface area contributed by atoms with E-state index in [0.717, 1.165) is 42.5 Å². The van der Waals surface area contributed by atoms with Gasteiger partial charge in [0, 0.05) is 24.2 Å². The molecule has 4 heteroatoms. The van der Waals surface area contributed by atoms with Gasteiger partial charge in [-0.05, 0) is 48.7 Å². The number of nitrogens with one attached hydrogen (secondary N) is 1. The molecule has 1 saturated carbocycles. The Morgan fingerprint density at radius 3 is 2.64 bits per heavy atom. The molecule has 0 aliphatic heterocycles. The zero-order valence-corrected chi connectivity index (χ0v) is 12.4. The zero-order chi connectivity index (χ0) is 15.4. The number of hydrogen-bond acceptors (Lipinski definition) is 2. The summed E-state index contributed by atoms with van der Waals surface area (Å²) in [6.45, 7) is 0.454. The van der Waals surface area contributed by atoms with Gasteiger partial charge in [-0.15, -0.1) is 0 Å². The number of nitrogens with zero attached hydrogens (tertiary/aromatic N) is 1. The molecule has 1 aliphatic carbocycles. The molecule has 0 saturated heterocycles. The Morgan fingerprint density at radius 1 is 1.18 bits per heavy atom. The Kier molecular flexibility index (Phi) is 4.47. The van der Waals surface area contributed by atoms with Crippen LogP contribution in [0.5, 0.6) is 0 Å². The van der Waals surface area contributed by atoms with Gasteiger partial charge in [-0.1, -0.05) is 18.9 Å². The second-order valence-electron chi connectivity index (χ2n) is 5.72. The van der Waals surface area contributed by atoms with Crippen molar-refractivity contribution in [1.82, 2.24) is 10.3 Å². The number of hydrogen-bond donors (Lipinski definition) is 1. The summed E-state index contributed by atoms with van der Waals surface area (Å²) in [5.74, 6) is 0.0214. The number of pyridine rings is 1. The van der Waals surface area contributed by atoms with Crippen molar-refractivity contribution in [2.45, 2.75) is 32.2 Å². The molecule has 22 heavy (non-hydrogen) atoms. The SMILES string of the molecule is O=C(NCc1cccnc1-c1ccc(F)cc1)C1CCCC1. The van der Waals surface area contributed by atoms with Crippen molar-refractivity contribution in [2.75, 3.05) is 0 Å². The van der Waals surface area contributed by atoms with Crippen molar-refractivity contribution in [1.29, 1.82) is 0 Å². The van der Waals surface area contributed by atoms with E-state index in [4.69, 9.17) is 0 Å². The van der Waals surface area contributed by atoms with E-state index >= 15 is 0 Å². The highest BCUT2D eigenvalue weighted by atomic mass is 19.1. The van der Waals surface area contributed by atoms with Crippen LogP contribution in [0, 0.1) is 11.7 Å². The highest BCUT2D eigenvalue weighted by Crippen LogP contribution is 2.25. The Balaban J connectivity index is 1.73. The Bertz CT molecular complexity index is 648. The molecule has 0 spiro atoms. The topological polar surface area (TPSA) is 42.0 Å². The van der Waals surface area contributed by atoms with Crippen molar-refractivity contribution >= 4 is 5.91 Å². The summed E-state index contributed by atoms with van der Waals surface area (Å²) in [6, 6.07) is 10.1. The molecule has 1 heterocycles. The van der Waals surface area contributed by atoms with Crippen LogP contribution in [-0.4, -0.2) is 10.9 Å². The lowest BCUT2D eigenvalue weighted by Crippen LogP contribution is -2.29. The molecule has 3 nitrogen and oxygen atoms in total. The summed E-state index contributed by atoms with van der Waals surface area (Å²) in [7, 11) is 0. The van der Waals surface area contributed by atoms with E-state index in [1.54, 1.807) is 18.3 Å². The van der Waals surface area contributed by atoms with Crippen LogP contribution in [0.1, 0.15) is 31.2 Å². The van der Waals surface area contributed by atoms with E-state index in [1.165, 1.54) is 12.1 Å². The van der Waals surface area contributed by atoms with Crippen LogP contribution in [0.15, 0.2) is 42.6 Å². The fourth-order valence-electron chi connectivity index (χ4n) is 2.96. The van der Waals surface area contributed by atoms with Crippen LogP contribution < -0.4 is 5.32 Å². The molecule has 0 radical (unpaired) electrons. The van der Waals surface area contributed by atoms with E-state index in [2.05, 4.69) is 10.3 Å². The lowest BCUT2D eigenvalue weighted by molar-refractivity contribution is -0.124. The van der Waals surface area contributed by atoms with Gasteiger partial charge in [-0.3, -0.25) is 9.78 Å². The predicted molar refractivity (Wildman–Crippen MR) is 83.4 cm³/mol. The van der Waals surface area contributed by atoms with Crippen molar-refractivity contribution in [3.8, 4) is 11.3 Å². The van der Waals surface area contributed by atoms with Crippen LogP contribution in [0.25, 0.3) is 11.3 Å². The van der Waals surface area contributed by atoms with Crippen LogP contribution in [0.4, 0.5) is 4.39 Å². The molecule has 0 bridgehead atoms. The van der Waals surface area contributed by atoms with E-state index in [9.17, 15) is 9.18 Å². The van der Waals surface area contributed by atoms with Crippen molar-refractivity contribution < 1.29 is 9.18 Å². The Morgan fingerprint density at radius 2 is 1.91 bits per heavy atom. The summed E-state index contributed by atoms with van der Waals surface area (Å²) >= 11 is 0. The maximum absolute atomic E-state index is 13.1. The zero-order valence-electron chi connectivity index (χ0n) is 12.4. The summed E-state index contributed by atoms with van der Waals surface area (Å²) in [5, 5.41) is 3.01. The summed E-state index contributed by atoms with van der Waals surface area (Å²) in [4.78, 5) is 16.5. The Hall–Kier alpha value is -2.23. The number of aromatic nitrogens is 1. The summed E-state index contributed by atoms with van der Waals surface area (Å²) in [5.41, 5.74) is 2.58. The predicted octanol–water partition coefficient (Wildman–Crippen LogP) is 3.69. The van der Waals surface area contributed by atoms with E-state index < -0.39 is 0 Å². The van der Waals surface area contributed by atoms with Gasteiger partial charge in [-0.2, -0.15) is 0 Å². The highest BCUT2D eigenvalue weighted by Gasteiger charge is 2.22. The second kappa shape index (κ2) is 6.69. The highest BCUT2D eigenvalue weighted by molar-refractivity contribution is 5.79. The minimum absolute atomic E-state index is 0.131. The maximum atomic E-state index is 13.1.